The second kappa shape index (κ2) is 8.55. The van der Waals surface area contributed by atoms with Crippen molar-refractivity contribution < 1.29 is 9.53 Å². The summed E-state index contributed by atoms with van der Waals surface area (Å²) in [6.07, 6.45) is 4.06. The number of ether oxygens (including phenoxy) is 1. The highest BCUT2D eigenvalue weighted by molar-refractivity contribution is 7.18. The maximum Gasteiger partial charge on any atom is 0.414 e. The highest BCUT2D eigenvalue weighted by atomic mass is 32.1. The maximum atomic E-state index is 12.9. The number of fused-ring (bicyclic) bond motifs is 1. The van der Waals surface area contributed by atoms with E-state index >= 15 is 0 Å². The Morgan fingerprint density at radius 2 is 1.94 bits per heavy atom. The van der Waals surface area contributed by atoms with E-state index in [1.165, 1.54) is 22.7 Å². The SMILES string of the molecule is C[C@H]1C[C@H](c2nc3cc(C4=CC[C@H](C)CN4C(=O)OC(C)(C)C)ccc3s2)CN(C)C1. The molecule has 6 heteroatoms. The van der Waals surface area contributed by atoms with Crippen LogP contribution in [0.25, 0.3) is 15.9 Å². The molecule has 168 valence electrons. The van der Waals surface area contributed by atoms with Gasteiger partial charge in [0.15, 0.2) is 0 Å². The van der Waals surface area contributed by atoms with Crippen LogP contribution in [0.15, 0.2) is 24.3 Å². The molecular formula is C25H35N3O2S. The number of likely N-dealkylation sites (N-methyl/N-ethyl adjacent to an activating group) is 1. The van der Waals surface area contributed by atoms with Crippen molar-refractivity contribution in [1.82, 2.24) is 14.8 Å². The van der Waals surface area contributed by atoms with Gasteiger partial charge in [0.05, 0.1) is 20.9 Å². The van der Waals surface area contributed by atoms with Crippen molar-refractivity contribution in [2.24, 2.45) is 11.8 Å². The van der Waals surface area contributed by atoms with E-state index in [0.717, 1.165) is 29.7 Å². The van der Waals surface area contributed by atoms with Crippen molar-refractivity contribution >= 4 is 33.3 Å². The molecule has 1 fully saturated rings. The predicted molar refractivity (Wildman–Crippen MR) is 128 cm³/mol. The molecule has 0 spiro atoms. The summed E-state index contributed by atoms with van der Waals surface area (Å²) in [6, 6.07) is 6.43. The summed E-state index contributed by atoms with van der Waals surface area (Å²) < 4.78 is 6.91. The van der Waals surface area contributed by atoms with E-state index in [4.69, 9.17) is 9.72 Å². The molecule has 2 aromatic rings. The molecule has 2 aliphatic rings. The second-order valence-corrected chi connectivity index (χ2v) is 11.6. The lowest BCUT2D eigenvalue weighted by Crippen LogP contribution is -2.39. The molecule has 1 aromatic carbocycles. The van der Waals surface area contributed by atoms with Gasteiger partial charge in [-0.15, -0.1) is 11.3 Å². The van der Waals surface area contributed by atoms with Crippen molar-refractivity contribution in [1.29, 1.82) is 0 Å². The molecule has 2 aliphatic heterocycles. The van der Waals surface area contributed by atoms with Crippen LogP contribution >= 0.6 is 11.3 Å². The van der Waals surface area contributed by atoms with Gasteiger partial charge in [0.25, 0.3) is 0 Å². The van der Waals surface area contributed by atoms with Crippen molar-refractivity contribution in [3.05, 3.63) is 34.8 Å². The largest absolute Gasteiger partial charge is 0.443 e. The van der Waals surface area contributed by atoms with Gasteiger partial charge in [-0.05, 0) is 64.6 Å². The molecule has 0 radical (unpaired) electrons. The van der Waals surface area contributed by atoms with Crippen LogP contribution < -0.4 is 0 Å². The third-order valence-electron chi connectivity index (χ3n) is 6.00. The van der Waals surface area contributed by atoms with Gasteiger partial charge in [0, 0.05) is 31.1 Å². The van der Waals surface area contributed by atoms with E-state index in [1.807, 2.05) is 32.1 Å². The second-order valence-electron chi connectivity index (χ2n) is 10.5. The molecule has 1 aromatic heterocycles. The Morgan fingerprint density at radius 3 is 2.65 bits per heavy atom. The summed E-state index contributed by atoms with van der Waals surface area (Å²) in [5.74, 6) is 1.61. The van der Waals surface area contributed by atoms with E-state index < -0.39 is 5.60 Å². The number of nitrogens with zero attached hydrogens (tertiary/aromatic N) is 3. The first kappa shape index (κ1) is 22.3. The van der Waals surface area contributed by atoms with Crippen LogP contribution in [0.4, 0.5) is 4.79 Å². The summed E-state index contributed by atoms with van der Waals surface area (Å²) in [4.78, 5) is 22.2. The topological polar surface area (TPSA) is 45.7 Å². The normalized spacial score (nSPS) is 25.5. The predicted octanol–water partition coefficient (Wildman–Crippen LogP) is 5.97. The molecule has 1 saturated heterocycles. The van der Waals surface area contributed by atoms with Crippen molar-refractivity contribution in [3.63, 3.8) is 0 Å². The number of allylic oxidation sites excluding steroid dienone is 1. The van der Waals surface area contributed by atoms with E-state index in [0.29, 0.717) is 24.3 Å². The first-order valence-electron chi connectivity index (χ1n) is 11.4. The zero-order chi connectivity index (χ0) is 22.3. The molecule has 0 N–H and O–H groups in total. The van der Waals surface area contributed by atoms with Crippen LogP contribution in [0.2, 0.25) is 0 Å². The monoisotopic (exact) mass is 441 g/mol. The van der Waals surface area contributed by atoms with Crippen molar-refractivity contribution in [2.45, 2.75) is 59.0 Å². The van der Waals surface area contributed by atoms with Crippen molar-refractivity contribution in [3.8, 4) is 0 Å². The minimum absolute atomic E-state index is 0.274. The van der Waals surface area contributed by atoms with Gasteiger partial charge < -0.3 is 9.64 Å². The summed E-state index contributed by atoms with van der Waals surface area (Å²) in [5, 5.41) is 1.24. The maximum absolute atomic E-state index is 12.9. The third kappa shape index (κ3) is 5.12. The first-order chi connectivity index (χ1) is 14.6. The number of thiazole rings is 1. The minimum Gasteiger partial charge on any atom is -0.443 e. The fraction of sp³-hybridized carbons (Fsp3) is 0.600. The molecule has 3 atom stereocenters. The number of amides is 1. The first-order valence-corrected chi connectivity index (χ1v) is 12.2. The van der Waals surface area contributed by atoms with Crippen LogP contribution in [-0.4, -0.2) is 53.2 Å². The summed E-state index contributed by atoms with van der Waals surface area (Å²) in [6.45, 7) is 13.1. The summed E-state index contributed by atoms with van der Waals surface area (Å²) in [7, 11) is 2.20. The fourth-order valence-electron chi connectivity index (χ4n) is 4.75. The Kier molecular flexibility index (Phi) is 6.14. The highest BCUT2D eigenvalue weighted by Crippen LogP contribution is 2.36. The van der Waals surface area contributed by atoms with Gasteiger partial charge in [0.2, 0.25) is 0 Å². The molecular weight excluding hydrogens is 406 g/mol. The quantitative estimate of drug-likeness (QED) is 0.576. The molecule has 0 unspecified atom stereocenters. The smallest absolute Gasteiger partial charge is 0.414 e. The van der Waals surface area contributed by atoms with Gasteiger partial charge in [0.1, 0.15) is 5.60 Å². The Balaban J connectivity index is 1.63. The summed E-state index contributed by atoms with van der Waals surface area (Å²) >= 11 is 1.82. The zero-order valence-electron chi connectivity index (χ0n) is 19.6. The number of aromatic nitrogens is 1. The van der Waals surface area contributed by atoms with Gasteiger partial charge >= 0.3 is 6.09 Å². The standard InChI is InChI=1S/C25H35N3O2S/c1-16-7-9-21(28(14-16)24(29)30-25(3,4)5)18-8-10-22-20(12-18)26-23(31-22)19-11-17(2)13-27(6)15-19/h8-10,12,16-17,19H,7,11,13-15H2,1-6H3/t16-,17-,19-/m0/s1. The highest BCUT2D eigenvalue weighted by Gasteiger charge is 2.30. The number of piperidine rings is 1. The molecule has 0 saturated carbocycles. The van der Waals surface area contributed by atoms with Gasteiger partial charge in [-0.2, -0.15) is 0 Å². The Morgan fingerprint density at radius 1 is 1.16 bits per heavy atom. The van der Waals surface area contributed by atoms with E-state index in [-0.39, 0.29) is 6.09 Å². The number of hydrogen-bond donors (Lipinski definition) is 0. The van der Waals surface area contributed by atoms with E-state index in [2.05, 4.69) is 50.1 Å². The molecule has 0 bridgehead atoms. The van der Waals surface area contributed by atoms with Crippen LogP contribution in [0.3, 0.4) is 0 Å². The fourth-order valence-corrected chi connectivity index (χ4v) is 5.80. The molecule has 4 rings (SSSR count). The van der Waals surface area contributed by atoms with Crippen LogP contribution in [0.1, 0.15) is 63.9 Å². The van der Waals surface area contributed by atoms with Crippen LogP contribution in [-0.2, 0) is 4.74 Å². The number of carbonyl (C=O) groups is 1. The van der Waals surface area contributed by atoms with E-state index in [1.54, 1.807) is 4.90 Å². The summed E-state index contributed by atoms with van der Waals surface area (Å²) in [5.41, 5.74) is 2.49. The number of carbonyl (C=O) groups excluding carboxylic acids is 1. The molecule has 1 amide bonds. The number of hydrogen-bond acceptors (Lipinski definition) is 5. The van der Waals surface area contributed by atoms with Gasteiger partial charge in [-0.1, -0.05) is 26.0 Å². The van der Waals surface area contributed by atoms with Crippen LogP contribution in [0.5, 0.6) is 0 Å². The van der Waals surface area contributed by atoms with E-state index in [9.17, 15) is 4.79 Å². The third-order valence-corrected chi connectivity index (χ3v) is 7.20. The number of likely N-dealkylation sites (tertiary alicyclic amines) is 1. The molecule has 3 heterocycles. The lowest BCUT2D eigenvalue weighted by Gasteiger charge is -2.33. The molecule has 31 heavy (non-hydrogen) atoms. The van der Waals surface area contributed by atoms with Crippen molar-refractivity contribution in [2.75, 3.05) is 26.7 Å². The Bertz CT molecular complexity index is 980. The van der Waals surface area contributed by atoms with Gasteiger partial charge in [-0.25, -0.2) is 9.78 Å². The minimum atomic E-state index is -0.513. The molecule has 5 nitrogen and oxygen atoms in total. The lowest BCUT2D eigenvalue weighted by atomic mass is 9.91. The lowest BCUT2D eigenvalue weighted by molar-refractivity contribution is 0.0327. The average Bonchev–Trinajstić information content (AvgIpc) is 3.09. The Hall–Kier alpha value is -1.92. The Labute approximate surface area is 190 Å². The average molecular weight is 442 g/mol. The molecule has 0 aliphatic carbocycles. The zero-order valence-corrected chi connectivity index (χ0v) is 20.5. The van der Waals surface area contributed by atoms with Gasteiger partial charge in [-0.3, -0.25) is 4.90 Å². The number of benzene rings is 1. The van der Waals surface area contributed by atoms with Crippen LogP contribution in [0, 0.1) is 11.8 Å². The number of rotatable bonds is 2.